The Morgan fingerprint density at radius 2 is 1.70 bits per heavy atom. The minimum Gasteiger partial charge on any atom is -0.480 e. The largest absolute Gasteiger partial charge is 0.480 e. The van der Waals surface area contributed by atoms with Crippen LogP contribution in [0.25, 0.3) is 10.9 Å². The molecule has 3 amide bonds. The number of benzene rings is 1. The maximum atomic E-state index is 13.3. The van der Waals surface area contributed by atoms with Crippen molar-refractivity contribution in [2.75, 3.05) is 12.3 Å². The van der Waals surface area contributed by atoms with E-state index in [4.69, 9.17) is 11.5 Å². The van der Waals surface area contributed by atoms with Crippen molar-refractivity contribution in [1.29, 1.82) is 0 Å². The van der Waals surface area contributed by atoms with Crippen molar-refractivity contribution in [2.24, 2.45) is 11.5 Å². The smallest absolute Gasteiger partial charge is 0.326 e. The monoisotopic (exact) mass is 536 g/mol. The quantitative estimate of drug-likeness (QED) is 0.102. The molecule has 1 aromatic carbocycles. The second-order valence-corrected chi connectivity index (χ2v) is 9.19. The molecule has 1 heterocycles. The van der Waals surface area contributed by atoms with Gasteiger partial charge in [-0.1, -0.05) is 18.2 Å². The Labute approximate surface area is 220 Å². The van der Waals surface area contributed by atoms with Crippen LogP contribution in [0.15, 0.2) is 30.5 Å². The Kier molecular flexibility index (Phi) is 11.9. The standard InChI is InChI=1S/C24H36N6O6S/c1-13(31)20(30-21(32)16(26)12-37)23(34)29-19(10-14-11-27-17-7-3-2-6-15(14)17)22(33)28-18(24(35)36)8-4-5-9-25/h2-3,6-7,11,13,16,18-20,27,31,37H,4-5,8-10,12,25-26H2,1H3,(H,28,33)(H,29,34)(H,30,32)(H,35,36). The Balaban J connectivity index is 2.29. The van der Waals surface area contributed by atoms with E-state index >= 15 is 0 Å². The van der Waals surface area contributed by atoms with Gasteiger partial charge in [0.2, 0.25) is 17.7 Å². The summed E-state index contributed by atoms with van der Waals surface area (Å²) in [6, 6.07) is 2.58. The summed E-state index contributed by atoms with van der Waals surface area (Å²) in [6.07, 6.45) is 1.67. The number of rotatable bonds is 15. The van der Waals surface area contributed by atoms with E-state index in [-0.39, 0.29) is 18.6 Å². The number of amides is 3. The molecule has 12 nitrogen and oxygen atoms in total. The van der Waals surface area contributed by atoms with Gasteiger partial charge in [-0.05, 0) is 44.4 Å². The van der Waals surface area contributed by atoms with E-state index in [1.807, 2.05) is 24.3 Å². The van der Waals surface area contributed by atoms with E-state index < -0.39 is 54.0 Å². The first-order valence-electron chi connectivity index (χ1n) is 12.0. The van der Waals surface area contributed by atoms with Crippen LogP contribution in [0.1, 0.15) is 31.7 Å². The summed E-state index contributed by atoms with van der Waals surface area (Å²) in [5, 5.41) is 28.0. The number of carbonyl (C=O) groups excluding carboxylic acids is 3. The third-order valence-electron chi connectivity index (χ3n) is 5.89. The van der Waals surface area contributed by atoms with Gasteiger partial charge in [-0.3, -0.25) is 14.4 Å². The number of carbonyl (C=O) groups is 4. The van der Waals surface area contributed by atoms with Crippen LogP contribution in [0.5, 0.6) is 0 Å². The number of aromatic amines is 1. The van der Waals surface area contributed by atoms with E-state index in [1.54, 1.807) is 6.20 Å². The van der Waals surface area contributed by atoms with Gasteiger partial charge in [-0.15, -0.1) is 0 Å². The summed E-state index contributed by atoms with van der Waals surface area (Å²) < 4.78 is 0. The highest BCUT2D eigenvalue weighted by atomic mass is 32.1. The summed E-state index contributed by atoms with van der Waals surface area (Å²) in [5.41, 5.74) is 12.7. The number of thiol groups is 1. The second-order valence-electron chi connectivity index (χ2n) is 8.82. The lowest BCUT2D eigenvalue weighted by atomic mass is 10.0. The van der Waals surface area contributed by atoms with Crippen molar-refractivity contribution in [1.82, 2.24) is 20.9 Å². The average molecular weight is 537 g/mol. The van der Waals surface area contributed by atoms with Crippen LogP contribution >= 0.6 is 12.6 Å². The molecule has 2 aromatic rings. The molecule has 37 heavy (non-hydrogen) atoms. The number of aliphatic carboxylic acids is 1. The summed E-state index contributed by atoms with van der Waals surface area (Å²) in [5.74, 6) is -3.44. The first kappa shape index (κ1) is 30.1. The van der Waals surface area contributed by atoms with E-state index in [1.165, 1.54) is 6.92 Å². The molecule has 0 fully saturated rings. The molecule has 5 atom stereocenters. The zero-order chi connectivity index (χ0) is 27.5. The van der Waals surface area contributed by atoms with Crippen molar-refractivity contribution in [3.8, 4) is 0 Å². The molecule has 0 bridgehead atoms. The normalized spacial score (nSPS) is 15.3. The number of unbranched alkanes of at least 4 members (excludes halogenated alkanes) is 1. The SMILES string of the molecule is CC(O)C(NC(=O)C(N)CS)C(=O)NC(Cc1c[nH]c2ccccc12)C(=O)NC(CCCCN)C(=O)O. The maximum absolute atomic E-state index is 13.3. The topological polar surface area (TPSA) is 213 Å². The van der Waals surface area contributed by atoms with Gasteiger partial charge in [0.25, 0.3) is 0 Å². The van der Waals surface area contributed by atoms with Gasteiger partial charge in [0.15, 0.2) is 0 Å². The van der Waals surface area contributed by atoms with Gasteiger partial charge in [0, 0.05) is 29.3 Å². The van der Waals surface area contributed by atoms with Crippen LogP contribution in [0, 0.1) is 0 Å². The molecule has 0 aliphatic rings. The van der Waals surface area contributed by atoms with Crippen LogP contribution in [0.3, 0.4) is 0 Å². The number of nitrogens with one attached hydrogen (secondary N) is 4. The van der Waals surface area contributed by atoms with Crippen molar-refractivity contribution in [3.63, 3.8) is 0 Å². The Morgan fingerprint density at radius 3 is 2.32 bits per heavy atom. The highest BCUT2D eigenvalue weighted by molar-refractivity contribution is 7.80. The van der Waals surface area contributed by atoms with Crippen LogP contribution in [0.4, 0.5) is 0 Å². The highest BCUT2D eigenvalue weighted by Gasteiger charge is 2.32. The van der Waals surface area contributed by atoms with Gasteiger partial charge in [-0.2, -0.15) is 12.6 Å². The maximum Gasteiger partial charge on any atom is 0.326 e. The predicted molar refractivity (Wildman–Crippen MR) is 142 cm³/mol. The zero-order valence-electron chi connectivity index (χ0n) is 20.6. The number of H-pyrrole nitrogens is 1. The van der Waals surface area contributed by atoms with Gasteiger partial charge < -0.3 is 42.6 Å². The number of hydrogen-bond acceptors (Lipinski definition) is 8. The molecule has 10 N–H and O–H groups in total. The van der Waals surface area contributed by atoms with Crippen molar-refractivity contribution < 1.29 is 29.4 Å². The number of carboxylic acids is 1. The molecule has 0 saturated carbocycles. The molecule has 0 aliphatic heterocycles. The number of fused-ring (bicyclic) bond motifs is 1. The molecule has 0 radical (unpaired) electrons. The number of aliphatic hydroxyl groups is 1. The zero-order valence-corrected chi connectivity index (χ0v) is 21.5. The fourth-order valence-electron chi connectivity index (χ4n) is 3.76. The lowest BCUT2D eigenvalue weighted by Gasteiger charge is -2.26. The molecule has 13 heteroatoms. The molecular formula is C24H36N6O6S. The number of nitrogens with two attached hydrogens (primary N) is 2. The molecule has 2 rings (SSSR count). The lowest BCUT2D eigenvalue weighted by Crippen LogP contribution is -2.60. The fourth-order valence-corrected chi connectivity index (χ4v) is 3.93. The number of aromatic nitrogens is 1. The second kappa shape index (κ2) is 14.6. The van der Waals surface area contributed by atoms with E-state index in [9.17, 15) is 29.4 Å². The van der Waals surface area contributed by atoms with E-state index in [0.29, 0.717) is 24.9 Å². The van der Waals surface area contributed by atoms with Crippen LogP contribution in [-0.4, -0.2) is 81.5 Å². The summed E-state index contributed by atoms with van der Waals surface area (Å²) >= 11 is 3.96. The van der Waals surface area contributed by atoms with Crippen molar-refractivity contribution in [3.05, 3.63) is 36.0 Å². The number of hydrogen-bond donors (Lipinski definition) is 9. The van der Waals surface area contributed by atoms with E-state index in [0.717, 1.165) is 10.9 Å². The fraction of sp³-hybridized carbons (Fsp3) is 0.500. The third kappa shape index (κ3) is 8.74. The summed E-state index contributed by atoms with van der Waals surface area (Å²) in [6.45, 7) is 1.70. The van der Waals surface area contributed by atoms with Crippen LogP contribution in [-0.2, 0) is 25.6 Å². The molecule has 0 saturated heterocycles. The number of para-hydroxylation sites is 1. The minimum atomic E-state index is -1.41. The molecular weight excluding hydrogens is 500 g/mol. The molecule has 5 unspecified atom stereocenters. The van der Waals surface area contributed by atoms with Crippen molar-refractivity contribution in [2.45, 2.75) is 62.9 Å². The molecule has 1 aromatic heterocycles. The Morgan fingerprint density at radius 1 is 1.03 bits per heavy atom. The van der Waals surface area contributed by atoms with Crippen molar-refractivity contribution >= 4 is 47.2 Å². The van der Waals surface area contributed by atoms with Gasteiger partial charge in [0.1, 0.15) is 18.1 Å². The average Bonchev–Trinajstić information content (AvgIpc) is 3.27. The highest BCUT2D eigenvalue weighted by Crippen LogP contribution is 2.19. The predicted octanol–water partition coefficient (Wildman–Crippen LogP) is -0.984. The molecule has 0 spiro atoms. The lowest BCUT2D eigenvalue weighted by molar-refractivity contribution is -0.142. The number of aliphatic hydroxyl groups excluding tert-OH is 1. The Bertz CT molecular complexity index is 1080. The Hall–Kier alpha value is -3.13. The first-order valence-corrected chi connectivity index (χ1v) is 12.7. The van der Waals surface area contributed by atoms with Crippen LogP contribution < -0.4 is 27.4 Å². The van der Waals surface area contributed by atoms with Gasteiger partial charge in [-0.25, -0.2) is 4.79 Å². The van der Waals surface area contributed by atoms with Crippen LogP contribution in [0.2, 0.25) is 0 Å². The number of carboxylic acid groups (broad SMARTS) is 1. The summed E-state index contributed by atoms with van der Waals surface area (Å²) in [4.78, 5) is 53.4. The molecule has 204 valence electrons. The third-order valence-corrected chi connectivity index (χ3v) is 6.28. The summed E-state index contributed by atoms with van der Waals surface area (Å²) in [7, 11) is 0. The van der Waals surface area contributed by atoms with Gasteiger partial charge >= 0.3 is 5.97 Å². The first-order chi connectivity index (χ1) is 17.6. The molecule has 0 aliphatic carbocycles. The minimum absolute atomic E-state index is 0.0201. The van der Waals surface area contributed by atoms with Gasteiger partial charge in [0.05, 0.1) is 12.1 Å². The van der Waals surface area contributed by atoms with E-state index in [2.05, 4.69) is 33.6 Å².